The van der Waals surface area contributed by atoms with Crippen molar-refractivity contribution in [3.05, 3.63) is 30.5 Å². The Morgan fingerprint density at radius 2 is 1.84 bits per heavy atom. The highest BCUT2D eigenvalue weighted by atomic mass is 32.2. The molecule has 0 N–H and O–H groups in total. The number of para-hydroxylation sites is 1. The van der Waals surface area contributed by atoms with Crippen LogP contribution in [0.1, 0.15) is 0 Å². The van der Waals surface area contributed by atoms with E-state index in [0.717, 1.165) is 4.31 Å². The van der Waals surface area contributed by atoms with Crippen LogP contribution in [0.4, 0.5) is 8.78 Å². The maximum Gasteiger partial charge on any atom is 0.247 e. The smallest absolute Gasteiger partial charge is 0.247 e. The summed E-state index contributed by atoms with van der Waals surface area (Å²) in [5.41, 5.74) is 0.209. The van der Waals surface area contributed by atoms with Gasteiger partial charge in [0, 0.05) is 18.5 Å². The number of alkyl halides is 2. The summed E-state index contributed by atoms with van der Waals surface area (Å²) in [6.45, 7) is -0.915. The van der Waals surface area contributed by atoms with E-state index in [0.29, 0.717) is 5.39 Å². The molecule has 1 aliphatic rings. The van der Waals surface area contributed by atoms with Gasteiger partial charge >= 0.3 is 0 Å². The Kier molecular flexibility index (Phi) is 2.83. The van der Waals surface area contributed by atoms with E-state index >= 15 is 0 Å². The normalized spacial score (nSPS) is 25.2. The first-order valence-electron chi connectivity index (χ1n) is 5.74. The largest absolute Gasteiger partial charge is 0.463 e. The van der Waals surface area contributed by atoms with Crippen molar-refractivity contribution in [2.24, 2.45) is 0 Å². The van der Waals surface area contributed by atoms with Gasteiger partial charge in [0.25, 0.3) is 0 Å². The molecule has 7 heteroatoms. The highest BCUT2D eigenvalue weighted by Gasteiger charge is 2.40. The molecule has 1 aromatic heterocycles. The summed E-state index contributed by atoms with van der Waals surface area (Å²) in [5.74, 6) is 0. The van der Waals surface area contributed by atoms with E-state index < -0.39 is 35.5 Å². The lowest BCUT2D eigenvalue weighted by atomic mass is 10.3. The molecule has 0 radical (unpaired) electrons. The minimum Gasteiger partial charge on any atom is -0.463 e. The average molecular weight is 287 g/mol. The fraction of sp³-hybridized carbons (Fsp3) is 0.333. The summed E-state index contributed by atoms with van der Waals surface area (Å²) in [6, 6.07) is 6.28. The summed E-state index contributed by atoms with van der Waals surface area (Å²) >= 11 is 0. The van der Waals surface area contributed by atoms with E-state index in [-0.39, 0.29) is 10.5 Å². The summed E-state index contributed by atoms with van der Waals surface area (Å²) in [6.07, 6.45) is -2.17. The van der Waals surface area contributed by atoms with Crippen molar-refractivity contribution in [1.29, 1.82) is 0 Å². The van der Waals surface area contributed by atoms with Crippen LogP contribution in [0.2, 0.25) is 0 Å². The van der Waals surface area contributed by atoms with Gasteiger partial charge in [0.1, 0.15) is 17.2 Å². The molecule has 0 saturated carbocycles. The molecule has 1 aromatic carbocycles. The highest BCUT2D eigenvalue weighted by Crippen LogP contribution is 2.29. The van der Waals surface area contributed by atoms with Crippen molar-refractivity contribution >= 4 is 21.0 Å². The molecular formula is C12H11F2NO3S. The average Bonchev–Trinajstić information content (AvgIpc) is 2.96. The minimum absolute atomic E-state index is 0.0590. The van der Waals surface area contributed by atoms with Crippen LogP contribution in [0.5, 0.6) is 0 Å². The number of benzene rings is 1. The molecule has 3 rings (SSSR count). The third kappa shape index (κ3) is 1.93. The monoisotopic (exact) mass is 287 g/mol. The molecule has 2 heterocycles. The number of nitrogens with zero attached hydrogens (tertiary/aromatic N) is 1. The van der Waals surface area contributed by atoms with Crippen LogP contribution in [-0.4, -0.2) is 38.2 Å². The first-order valence-corrected chi connectivity index (χ1v) is 7.18. The molecule has 1 fully saturated rings. The van der Waals surface area contributed by atoms with Crippen LogP contribution in [0.15, 0.2) is 39.8 Å². The molecule has 2 atom stereocenters. The number of rotatable bonds is 2. The van der Waals surface area contributed by atoms with E-state index in [2.05, 4.69) is 0 Å². The van der Waals surface area contributed by atoms with Crippen LogP contribution in [0.25, 0.3) is 11.0 Å². The Labute approximate surface area is 108 Å². The lowest BCUT2D eigenvalue weighted by molar-refractivity contribution is 0.217. The van der Waals surface area contributed by atoms with E-state index in [1.807, 2.05) is 0 Å². The second-order valence-corrected chi connectivity index (χ2v) is 6.36. The van der Waals surface area contributed by atoms with Crippen LogP contribution in [-0.2, 0) is 10.0 Å². The van der Waals surface area contributed by atoms with Gasteiger partial charge in [-0.25, -0.2) is 17.2 Å². The quantitative estimate of drug-likeness (QED) is 0.850. The van der Waals surface area contributed by atoms with Crippen molar-refractivity contribution < 1.29 is 21.6 Å². The number of furan rings is 1. The third-order valence-corrected chi connectivity index (χ3v) is 5.06. The second-order valence-electron chi connectivity index (χ2n) is 4.45. The second kappa shape index (κ2) is 4.28. The fourth-order valence-corrected chi connectivity index (χ4v) is 3.80. The number of fused-ring (bicyclic) bond motifs is 1. The zero-order chi connectivity index (χ0) is 13.6. The fourth-order valence-electron chi connectivity index (χ4n) is 2.20. The Hall–Kier alpha value is -1.47. The number of halogens is 2. The van der Waals surface area contributed by atoms with Crippen molar-refractivity contribution in [1.82, 2.24) is 4.31 Å². The molecule has 0 amide bonds. The van der Waals surface area contributed by atoms with Gasteiger partial charge < -0.3 is 4.42 Å². The number of hydrogen-bond acceptors (Lipinski definition) is 3. The lowest BCUT2D eigenvalue weighted by Crippen LogP contribution is -2.29. The van der Waals surface area contributed by atoms with Gasteiger partial charge in [-0.2, -0.15) is 4.31 Å². The molecule has 0 bridgehead atoms. The van der Waals surface area contributed by atoms with Gasteiger partial charge in [-0.05, 0) is 12.1 Å². The molecule has 0 unspecified atom stereocenters. The summed E-state index contributed by atoms with van der Waals surface area (Å²) in [5, 5.41) is 0.633. The predicted molar refractivity (Wildman–Crippen MR) is 64.8 cm³/mol. The third-order valence-electron chi connectivity index (χ3n) is 3.21. The first-order chi connectivity index (χ1) is 9.00. The van der Waals surface area contributed by atoms with Crippen molar-refractivity contribution in [2.45, 2.75) is 17.2 Å². The molecule has 0 spiro atoms. The molecule has 2 aromatic rings. The maximum atomic E-state index is 13.2. The van der Waals surface area contributed by atoms with Crippen LogP contribution < -0.4 is 0 Å². The Morgan fingerprint density at radius 3 is 2.53 bits per heavy atom. The van der Waals surface area contributed by atoms with E-state index in [1.54, 1.807) is 18.2 Å². The molecule has 1 saturated heterocycles. The molecule has 4 nitrogen and oxygen atoms in total. The van der Waals surface area contributed by atoms with Crippen molar-refractivity contribution in [3.63, 3.8) is 0 Å². The van der Waals surface area contributed by atoms with Gasteiger partial charge in [-0.3, -0.25) is 0 Å². The Morgan fingerprint density at radius 1 is 1.16 bits per heavy atom. The zero-order valence-electron chi connectivity index (χ0n) is 9.79. The predicted octanol–water partition coefficient (Wildman–Crippen LogP) is 2.11. The SMILES string of the molecule is O=S(=O)(c1cccc2ccoc12)N1C[C@@H](F)[C@@H](F)C1. The van der Waals surface area contributed by atoms with Crippen molar-refractivity contribution in [3.8, 4) is 0 Å². The summed E-state index contributed by atoms with van der Waals surface area (Å²) in [7, 11) is -3.94. The summed E-state index contributed by atoms with van der Waals surface area (Å²) < 4.78 is 57.0. The highest BCUT2D eigenvalue weighted by molar-refractivity contribution is 7.89. The van der Waals surface area contributed by atoms with Gasteiger partial charge in [-0.15, -0.1) is 0 Å². The molecule has 1 aliphatic heterocycles. The maximum absolute atomic E-state index is 13.2. The van der Waals surface area contributed by atoms with Crippen LogP contribution in [0, 0.1) is 0 Å². The van der Waals surface area contributed by atoms with Crippen LogP contribution >= 0.6 is 0 Å². The molecule has 19 heavy (non-hydrogen) atoms. The van der Waals surface area contributed by atoms with Gasteiger partial charge in [0.2, 0.25) is 10.0 Å². The van der Waals surface area contributed by atoms with Crippen molar-refractivity contribution in [2.75, 3.05) is 13.1 Å². The first kappa shape index (κ1) is 12.6. The van der Waals surface area contributed by atoms with Gasteiger partial charge in [-0.1, -0.05) is 12.1 Å². The van der Waals surface area contributed by atoms with E-state index in [4.69, 9.17) is 4.42 Å². The molecular weight excluding hydrogens is 276 g/mol. The van der Waals surface area contributed by atoms with Crippen LogP contribution in [0.3, 0.4) is 0 Å². The molecule has 102 valence electrons. The van der Waals surface area contributed by atoms with E-state index in [9.17, 15) is 17.2 Å². The zero-order valence-corrected chi connectivity index (χ0v) is 10.6. The van der Waals surface area contributed by atoms with Gasteiger partial charge in [0.05, 0.1) is 6.26 Å². The lowest BCUT2D eigenvalue weighted by Gasteiger charge is -2.15. The number of hydrogen-bond donors (Lipinski definition) is 0. The standard InChI is InChI=1S/C12H11F2NO3S/c13-9-6-15(7-10(9)14)19(16,17)11-3-1-2-8-4-5-18-12(8)11/h1-5,9-10H,6-7H2/t9-,10+. The van der Waals surface area contributed by atoms with Gasteiger partial charge in [0.15, 0.2) is 5.58 Å². The molecule has 0 aliphatic carbocycles. The number of sulfonamides is 1. The topological polar surface area (TPSA) is 50.5 Å². The Bertz CT molecular complexity index is 703. The minimum atomic E-state index is -3.94. The van der Waals surface area contributed by atoms with E-state index in [1.165, 1.54) is 12.3 Å². The summed E-state index contributed by atoms with van der Waals surface area (Å²) in [4.78, 5) is -0.0590. The Balaban J connectivity index is 2.08.